The molecule has 2 aromatic heterocycles. The van der Waals surface area contributed by atoms with E-state index in [9.17, 15) is 4.79 Å². The molecule has 0 atom stereocenters. The standard InChI is InChI=1S/C19H17ClN4O/c1-13-10-16(20)3-4-17(13)24-18-5-2-15(12-22-18)19(25)23-11-14-6-8-21-9-7-14/h2-10,12H,11H2,1H3,(H,22,24)(H,23,25). The average Bonchev–Trinajstić information content (AvgIpc) is 2.63. The number of aryl methyl sites for hydroxylation is 1. The summed E-state index contributed by atoms with van der Waals surface area (Å²) in [6.45, 7) is 2.42. The van der Waals surface area contributed by atoms with Crippen LogP contribution in [-0.4, -0.2) is 15.9 Å². The second-order valence-electron chi connectivity index (χ2n) is 5.55. The molecule has 0 unspecified atom stereocenters. The number of rotatable bonds is 5. The molecule has 25 heavy (non-hydrogen) atoms. The van der Waals surface area contributed by atoms with E-state index in [4.69, 9.17) is 11.6 Å². The van der Waals surface area contributed by atoms with Crippen molar-refractivity contribution >= 4 is 29.0 Å². The summed E-state index contributed by atoms with van der Waals surface area (Å²) in [7, 11) is 0. The first-order valence-corrected chi connectivity index (χ1v) is 8.16. The van der Waals surface area contributed by atoms with Gasteiger partial charge in [-0.15, -0.1) is 0 Å². The summed E-state index contributed by atoms with van der Waals surface area (Å²) < 4.78 is 0. The van der Waals surface area contributed by atoms with Gasteiger partial charge in [-0.05, 0) is 60.5 Å². The molecular formula is C19H17ClN4O. The van der Waals surface area contributed by atoms with Crippen LogP contribution in [-0.2, 0) is 6.54 Å². The molecule has 0 saturated heterocycles. The van der Waals surface area contributed by atoms with E-state index in [1.807, 2.05) is 37.3 Å². The Morgan fingerprint density at radius 1 is 1.12 bits per heavy atom. The highest BCUT2D eigenvalue weighted by atomic mass is 35.5. The van der Waals surface area contributed by atoms with Gasteiger partial charge in [0, 0.05) is 35.8 Å². The van der Waals surface area contributed by atoms with Crippen molar-refractivity contribution in [2.24, 2.45) is 0 Å². The van der Waals surface area contributed by atoms with Crippen molar-refractivity contribution in [3.05, 3.63) is 82.8 Å². The normalized spacial score (nSPS) is 10.3. The van der Waals surface area contributed by atoms with Crippen LogP contribution in [0.3, 0.4) is 0 Å². The van der Waals surface area contributed by atoms with Gasteiger partial charge in [-0.3, -0.25) is 9.78 Å². The Balaban J connectivity index is 1.62. The van der Waals surface area contributed by atoms with E-state index >= 15 is 0 Å². The molecule has 2 heterocycles. The fourth-order valence-electron chi connectivity index (χ4n) is 2.29. The minimum atomic E-state index is -0.168. The van der Waals surface area contributed by atoms with Crippen molar-refractivity contribution in [1.82, 2.24) is 15.3 Å². The first-order chi connectivity index (χ1) is 12.1. The lowest BCUT2D eigenvalue weighted by Crippen LogP contribution is -2.22. The average molecular weight is 353 g/mol. The Bertz CT molecular complexity index is 866. The smallest absolute Gasteiger partial charge is 0.253 e. The number of aromatic nitrogens is 2. The van der Waals surface area contributed by atoms with Crippen LogP contribution in [0.15, 0.2) is 61.1 Å². The van der Waals surface area contributed by atoms with Gasteiger partial charge in [0.2, 0.25) is 0 Å². The van der Waals surface area contributed by atoms with Gasteiger partial charge < -0.3 is 10.6 Å². The van der Waals surface area contributed by atoms with Crippen molar-refractivity contribution in [3.8, 4) is 0 Å². The fraction of sp³-hybridized carbons (Fsp3) is 0.105. The Morgan fingerprint density at radius 3 is 2.60 bits per heavy atom. The van der Waals surface area contributed by atoms with Gasteiger partial charge in [0.15, 0.2) is 0 Å². The molecule has 5 nitrogen and oxygen atoms in total. The molecule has 1 aromatic carbocycles. The number of pyridine rings is 2. The highest BCUT2D eigenvalue weighted by Gasteiger charge is 2.07. The van der Waals surface area contributed by atoms with Crippen LogP contribution in [0.5, 0.6) is 0 Å². The van der Waals surface area contributed by atoms with E-state index in [0.29, 0.717) is 22.9 Å². The number of hydrogen-bond donors (Lipinski definition) is 2. The minimum absolute atomic E-state index is 0.168. The Kier molecular flexibility index (Phi) is 5.26. The summed E-state index contributed by atoms with van der Waals surface area (Å²) in [5.74, 6) is 0.495. The molecule has 0 spiro atoms. The van der Waals surface area contributed by atoms with Gasteiger partial charge in [-0.25, -0.2) is 4.98 Å². The molecule has 2 N–H and O–H groups in total. The number of carbonyl (C=O) groups is 1. The van der Waals surface area contributed by atoms with Crippen LogP contribution in [0.25, 0.3) is 0 Å². The molecular weight excluding hydrogens is 336 g/mol. The highest BCUT2D eigenvalue weighted by Crippen LogP contribution is 2.22. The zero-order chi connectivity index (χ0) is 17.6. The van der Waals surface area contributed by atoms with Gasteiger partial charge in [0.25, 0.3) is 5.91 Å². The van der Waals surface area contributed by atoms with Gasteiger partial charge in [-0.2, -0.15) is 0 Å². The number of nitrogens with zero attached hydrogens (tertiary/aromatic N) is 2. The van der Waals surface area contributed by atoms with Gasteiger partial charge >= 0.3 is 0 Å². The number of anilines is 2. The van der Waals surface area contributed by atoms with E-state index in [1.54, 1.807) is 30.7 Å². The SMILES string of the molecule is Cc1cc(Cl)ccc1Nc1ccc(C(=O)NCc2ccncc2)cn1. The monoisotopic (exact) mass is 352 g/mol. The summed E-state index contributed by atoms with van der Waals surface area (Å²) in [6.07, 6.45) is 4.94. The Hall–Kier alpha value is -2.92. The van der Waals surface area contributed by atoms with E-state index in [2.05, 4.69) is 20.6 Å². The third kappa shape index (κ3) is 4.55. The van der Waals surface area contributed by atoms with Crippen LogP contribution >= 0.6 is 11.6 Å². The molecule has 3 rings (SSSR count). The van der Waals surface area contributed by atoms with Gasteiger partial charge in [0.1, 0.15) is 5.82 Å². The molecule has 0 aliphatic rings. The molecule has 0 saturated carbocycles. The van der Waals surface area contributed by atoms with Crippen molar-refractivity contribution in [2.75, 3.05) is 5.32 Å². The van der Waals surface area contributed by atoms with E-state index in [-0.39, 0.29) is 5.91 Å². The van der Waals surface area contributed by atoms with Gasteiger partial charge in [0.05, 0.1) is 5.56 Å². The molecule has 0 bridgehead atoms. The van der Waals surface area contributed by atoms with Gasteiger partial charge in [-0.1, -0.05) is 11.6 Å². The van der Waals surface area contributed by atoms with Crippen LogP contribution in [0.1, 0.15) is 21.5 Å². The maximum absolute atomic E-state index is 12.2. The maximum Gasteiger partial charge on any atom is 0.253 e. The third-order valence-electron chi connectivity index (χ3n) is 3.68. The summed E-state index contributed by atoms with van der Waals surface area (Å²) in [4.78, 5) is 20.4. The first kappa shape index (κ1) is 16.9. The predicted molar refractivity (Wildman–Crippen MR) is 99.1 cm³/mol. The van der Waals surface area contributed by atoms with Crippen LogP contribution in [0, 0.1) is 6.92 Å². The quantitative estimate of drug-likeness (QED) is 0.725. The third-order valence-corrected chi connectivity index (χ3v) is 3.91. The van der Waals surface area contributed by atoms with Crippen molar-refractivity contribution < 1.29 is 4.79 Å². The molecule has 6 heteroatoms. The lowest BCUT2D eigenvalue weighted by molar-refractivity contribution is 0.0950. The van der Waals surface area contributed by atoms with E-state index in [1.165, 1.54) is 0 Å². The van der Waals surface area contributed by atoms with Crippen LogP contribution < -0.4 is 10.6 Å². The van der Waals surface area contributed by atoms with Crippen LogP contribution in [0.4, 0.5) is 11.5 Å². The number of amides is 1. The fourth-order valence-corrected chi connectivity index (χ4v) is 2.52. The summed E-state index contributed by atoms with van der Waals surface area (Å²) in [5, 5.41) is 6.76. The first-order valence-electron chi connectivity index (χ1n) is 7.78. The zero-order valence-electron chi connectivity index (χ0n) is 13.7. The predicted octanol–water partition coefficient (Wildman–Crippen LogP) is 4.11. The second kappa shape index (κ2) is 7.77. The number of carbonyl (C=O) groups excluding carboxylic acids is 1. The molecule has 1 amide bonds. The lowest BCUT2D eigenvalue weighted by atomic mass is 10.2. The largest absolute Gasteiger partial charge is 0.348 e. The highest BCUT2D eigenvalue weighted by molar-refractivity contribution is 6.30. The molecule has 0 aliphatic heterocycles. The summed E-state index contributed by atoms with van der Waals surface area (Å²) in [5.41, 5.74) is 3.44. The minimum Gasteiger partial charge on any atom is -0.348 e. The summed E-state index contributed by atoms with van der Waals surface area (Å²) in [6, 6.07) is 12.8. The molecule has 0 aliphatic carbocycles. The zero-order valence-corrected chi connectivity index (χ0v) is 14.4. The molecule has 0 radical (unpaired) electrons. The number of nitrogens with one attached hydrogen (secondary N) is 2. The summed E-state index contributed by atoms with van der Waals surface area (Å²) >= 11 is 5.96. The lowest BCUT2D eigenvalue weighted by Gasteiger charge is -2.10. The van der Waals surface area contributed by atoms with Crippen molar-refractivity contribution in [3.63, 3.8) is 0 Å². The number of hydrogen-bond acceptors (Lipinski definition) is 4. The topological polar surface area (TPSA) is 66.9 Å². The van der Waals surface area contributed by atoms with E-state index in [0.717, 1.165) is 16.8 Å². The Morgan fingerprint density at radius 2 is 1.92 bits per heavy atom. The molecule has 126 valence electrons. The Labute approximate surface area is 151 Å². The number of halogens is 1. The second-order valence-corrected chi connectivity index (χ2v) is 5.99. The molecule has 0 fully saturated rings. The van der Waals surface area contributed by atoms with Crippen LogP contribution in [0.2, 0.25) is 5.02 Å². The van der Waals surface area contributed by atoms with Crippen molar-refractivity contribution in [1.29, 1.82) is 0 Å². The van der Waals surface area contributed by atoms with E-state index < -0.39 is 0 Å². The van der Waals surface area contributed by atoms with Crippen molar-refractivity contribution in [2.45, 2.75) is 13.5 Å². The maximum atomic E-state index is 12.2. The molecule has 3 aromatic rings. The number of benzene rings is 1.